The molecule has 0 aliphatic rings. The molecule has 4 rings (SSSR count). The molecule has 0 aliphatic heterocycles. The number of hydrogen-bond donors (Lipinski definition) is 1. The fourth-order valence-corrected chi connectivity index (χ4v) is 5.44. The van der Waals surface area contributed by atoms with E-state index in [0.29, 0.717) is 10.6 Å². The average molecular weight is 540 g/mol. The third-order valence-corrected chi connectivity index (χ3v) is 7.71. The number of nitrogens with zero attached hydrogens (tertiary/aromatic N) is 2. The number of sulfone groups is 1. The highest BCUT2D eigenvalue weighted by atomic mass is 35.5. The van der Waals surface area contributed by atoms with E-state index in [4.69, 9.17) is 11.6 Å². The van der Waals surface area contributed by atoms with Crippen LogP contribution in [0.25, 0.3) is 6.08 Å². The van der Waals surface area contributed by atoms with Crippen molar-refractivity contribution in [2.24, 2.45) is 0 Å². The molecule has 0 aliphatic carbocycles. The van der Waals surface area contributed by atoms with Gasteiger partial charge in [-0.2, -0.15) is 0 Å². The smallest absolute Gasteiger partial charge is 0.244 e. The van der Waals surface area contributed by atoms with Crippen LogP contribution in [-0.4, -0.2) is 24.3 Å². The molecule has 188 valence electrons. The van der Waals surface area contributed by atoms with Crippen molar-refractivity contribution in [3.8, 4) is 0 Å². The third kappa shape index (κ3) is 6.44. The third-order valence-electron chi connectivity index (χ3n) is 5.41. The predicted molar refractivity (Wildman–Crippen MR) is 136 cm³/mol. The van der Waals surface area contributed by atoms with Gasteiger partial charge in [-0.15, -0.1) is 0 Å². The Morgan fingerprint density at radius 2 is 1.73 bits per heavy atom. The Morgan fingerprint density at radius 3 is 2.41 bits per heavy atom. The molecule has 0 bridgehead atoms. The highest BCUT2D eigenvalue weighted by molar-refractivity contribution is 7.91. The first-order valence-corrected chi connectivity index (χ1v) is 12.9. The Labute approximate surface area is 217 Å². The van der Waals surface area contributed by atoms with Crippen LogP contribution >= 0.6 is 11.6 Å². The van der Waals surface area contributed by atoms with Gasteiger partial charge < -0.3 is 5.32 Å². The molecule has 1 N–H and O–H groups in total. The summed E-state index contributed by atoms with van der Waals surface area (Å²) in [6.07, 6.45) is 7.61. The van der Waals surface area contributed by atoms with Gasteiger partial charge in [-0.05, 0) is 77.9 Å². The zero-order valence-corrected chi connectivity index (χ0v) is 20.8. The second-order valence-electron chi connectivity index (χ2n) is 7.97. The van der Waals surface area contributed by atoms with E-state index < -0.39 is 26.7 Å². The molecule has 0 saturated carbocycles. The molecular formula is C27H20ClF2N3O3S. The SMILES string of the molecule is O=C(C=Cc1ccncc1)NCc1ccc(C(c2cc(F)ccc2F)S(=O)(=O)c2ccc(Cl)cc2)nc1. The van der Waals surface area contributed by atoms with Gasteiger partial charge in [-0.1, -0.05) is 17.7 Å². The quantitative estimate of drug-likeness (QED) is 0.307. The fourth-order valence-electron chi connectivity index (χ4n) is 3.55. The molecule has 2 aromatic carbocycles. The predicted octanol–water partition coefficient (Wildman–Crippen LogP) is 5.30. The Morgan fingerprint density at radius 1 is 1.00 bits per heavy atom. The highest BCUT2D eigenvalue weighted by Gasteiger charge is 2.34. The van der Waals surface area contributed by atoms with Crippen molar-refractivity contribution in [3.63, 3.8) is 0 Å². The Bertz CT molecular complexity index is 1530. The average Bonchev–Trinajstić information content (AvgIpc) is 2.90. The maximum absolute atomic E-state index is 14.8. The zero-order chi connectivity index (χ0) is 26.4. The maximum atomic E-state index is 14.8. The molecule has 0 radical (unpaired) electrons. The summed E-state index contributed by atoms with van der Waals surface area (Å²) in [5.41, 5.74) is 1.02. The minimum Gasteiger partial charge on any atom is -0.348 e. The molecule has 1 atom stereocenters. The molecule has 10 heteroatoms. The van der Waals surface area contributed by atoms with Gasteiger partial charge in [0.2, 0.25) is 5.91 Å². The van der Waals surface area contributed by atoms with Gasteiger partial charge in [0.15, 0.2) is 9.84 Å². The number of pyridine rings is 2. The maximum Gasteiger partial charge on any atom is 0.244 e. The normalized spacial score (nSPS) is 12.4. The Hall–Kier alpha value is -3.95. The molecule has 4 aromatic rings. The van der Waals surface area contributed by atoms with Crippen LogP contribution in [0.2, 0.25) is 5.02 Å². The van der Waals surface area contributed by atoms with E-state index in [1.54, 1.807) is 36.7 Å². The Kier molecular flexibility index (Phi) is 8.05. The number of amides is 1. The molecule has 0 spiro atoms. The van der Waals surface area contributed by atoms with Gasteiger partial charge in [0.05, 0.1) is 10.6 Å². The van der Waals surface area contributed by atoms with Crippen LogP contribution in [0.1, 0.15) is 27.6 Å². The van der Waals surface area contributed by atoms with Gasteiger partial charge in [0.1, 0.15) is 16.9 Å². The standard InChI is InChI=1S/C27H20ClF2N3O3S/c28-20-3-6-22(7-4-20)37(35,36)27(23-15-21(29)5-8-24(23)30)25-9-1-19(16-32-25)17-33-26(34)10-2-18-11-13-31-14-12-18/h1-16,27H,17H2,(H,33,34). The first kappa shape index (κ1) is 26.1. The summed E-state index contributed by atoms with van der Waals surface area (Å²) in [4.78, 5) is 20.2. The number of carbonyl (C=O) groups excluding carboxylic acids is 1. The molecule has 0 fully saturated rings. The van der Waals surface area contributed by atoms with E-state index in [1.165, 1.54) is 42.6 Å². The van der Waals surface area contributed by atoms with Crippen LogP contribution in [-0.2, 0) is 21.2 Å². The summed E-state index contributed by atoms with van der Waals surface area (Å²) in [5, 5.41) is 1.42. The number of halogens is 3. The molecule has 0 saturated heterocycles. The second-order valence-corrected chi connectivity index (χ2v) is 10.4. The lowest BCUT2D eigenvalue weighted by Gasteiger charge is -2.19. The van der Waals surface area contributed by atoms with E-state index in [-0.39, 0.29) is 28.6 Å². The lowest BCUT2D eigenvalue weighted by molar-refractivity contribution is -0.116. The minimum absolute atomic E-state index is 0.00731. The second kappa shape index (κ2) is 11.4. The van der Waals surface area contributed by atoms with E-state index in [0.717, 1.165) is 23.8 Å². The number of aromatic nitrogens is 2. The molecule has 2 heterocycles. The first-order chi connectivity index (χ1) is 17.7. The largest absolute Gasteiger partial charge is 0.348 e. The summed E-state index contributed by atoms with van der Waals surface area (Å²) < 4.78 is 55.9. The van der Waals surface area contributed by atoms with Crippen molar-refractivity contribution in [3.05, 3.63) is 130 Å². The summed E-state index contributed by atoms with van der Waals surface area (Å²) in [6.45, 7) is 0.121. The van der Waals surface area contributed by atoms with Crippen molar-refractivity contribution in [1.82, 2.24) is 15.3 Å². The molecule has 6 nitrogen and oxygen atoms in total. The van der Waals surface area contributed by atoms with E-state index in [1.807, 2.05) is 0 Å². The van der Waals surface area contributed by atoms with Crippen molar-refractivity contribution in [2.75, 3.05) is 0 Å². The molecule has 37 heavy (non-hydrogen) atoms. The molecule has 1 unspecified atom stereocenters. The van der Waals surface area contributed by atoms with Crippen LogP contribution in [0.4, 0.5) is 8.78 Å². The number of hydrogen-bond acceptors (Lipinski definition) is 5. The highest BCUT2D eigenvalue weighted by Crippen LogP contribution is 2.36. The summed E-state index contributed by atoms with van der Waals surface area (Å²) in [6, 6.07) is 14.5. The zero-order valence-electron chi connectivity index (χ0n) is 19.2. The van der Waals surface area contributed by atoms with Crippen LogP contribution < -0.4 is 5.32 Å². The lowest BCUT2D eigenvalue weighted by atomic mass is 10.1. The summed E-state index contributed by atoms with van der Waals surface area (Å²) >= 11 is 5.89. The van der Waals surface area contributed by atoms with E-state index >= 15 is 0 Å². The van der Waals surface area contributed by atoms with Gasteiger partial charge in [0.25, 0.3) is 0 Å². The summed E-state index contributed by atoms with van der Waals surface area (Å²) in [7, 11) is -4.25. The van der Waals surface area contributed by atoms with Crippen molar-refractivity contribution >= 4 is 33.4 Å². The number of rotatable bonds is 8. The van der Waals surface area contributed by atoms with Crippen molar-refractivity contribution < 1.29 is 22.0 Å². The number of carbonyl (C=O) groups is 1. The van der Waals surface area contributed by atoms with Crippen LogP contribution in [0.15, 0.2) is 96.3 Å². The lowest BCUT2D eigenvalue weighted by Crippen LogP contribution is -2.21. The topological polar surface area (TPSA) is 89.0 Å². The monoisotopic (exact) mass is 539 g/mol. The van der Waals surface area contributed by atoms with Crippen LogP contribution in [0.5, 0.6) is 0 Å². The summed E-state index contributed by atoms with van der Waals surface area (Å²) in [5.74, 6) is -2.01. The number of nitrogens with one attached hydrogen (secondary N) is 1. The van der Waals surface area contributed by atoms with Crippen LogP contribution in [0, 0.1) is 11.6 Å². The van der Waals surface area contributed by atoms with Crippen molar-refractivity contribution in [2.45, 2.75) is 16.7 Å². The Balaban J connectivity index is 1.59. The molecule has 1 amide bonds. The van der Waals surface area contributed by atoms with Crippen molar-refractivity contribution in [1.29, 1.82) is 0 Å². The number of benzene rings is 2. The van der Waals surface area contributed by atoms with Gasteiger partial charge >= 0.3 is 0 Å². The fraction of sp³-hybridized carbons (Fsp3) is 0.0741. The molecule has 2 aromatic heterocycles. The van der Waals surface area contributed by atoms with Gasteiger partial charge in [-0.3, -0.25) is 14.8 Å². The molecular weight excluding hydrogens is 520 g/mol. The van der Waals surface area contributed by atoms with Gasteiger partial charge in [-0.25, -0.2) is 17.2 Å². The first-order valence-electron chi connectivity index (χ1n) is 11.0. The van der Waals surface area contributed by atoms with E-state index in [9.17, 15) is 22.0 Å². The van der Waals surface area contributed by atoms with E-state index in [2.05, 4.69) is 15.3 Å². The van der Waals surface area contributed by atoms with Gasteiger partial charge in [0, 0.05) is 41.8 Å². The van der Waals surface area contributed by atoms with Crippen LogP contribution in [0.3, 0.4) is 0 Å². The minimum atomic E-state index is -4.25.